The molecule has 2 fully saturated rings. The summed E-state index contributed by atoms with van der Waals surface area (Å²) < 4.78 is 6.50. The zero-order valence-electron chi connectivity index (χ0n) is 26.0. The first kappa shape index (κ1) is 30.4. The van der Waals surface area contributed by atoms with Crippen molar-refractivity contribution in [2.45, 2.75) is 81.9 Å². The summed E-state index contributed by atoms with van der Waals surface area (Å²) >= 11 is 4.94. The lowest BCUT2D eigenvalue weighted by molar-refractivity contribution is -0.129. The second kappa shape index (κ2) is 12.4. The molecule has 0 N–H and O–H groups in total. The van der Waals surface area contributed by atoms with Gasteiger partial charge < -0.3 is 14.5 Å². The molecule has 2 saturated heterocycles. The zero-order valence-corrected chi connectivity index (χ0v) is 26.9. The zero-order chi connectivity index (χ0) is 31.0. The minimum absolute atomic E-state index is 0.0933. The lowest BCUT2D eigenvalue weighted by Crippen LogP contribution is -2.49. The third kappa shape index (κ3) is 5.54. The quantitative estimate of drug-likeness (QED) is 0.206. The summed E-state index contributed by atoms with van der Waals surface area (Å²) in [7, 11) is 2.12. The maximum absolute atomic E-state index is 12.6. The molecule has 1 amide bonds. The van der Waals surface area contributed by atoms with Gasteiger partial charge in [0.1, 0.15) is 0 Å². The standard InChI is InChI=1S/C35H42N6O2S/c1-5-30(42)41-20-14-25(21-26(41)13-17-36)32-27-15-19-40(29-12-7-11-24-10-6-9-23(2)31(24)29)22-28(27)37-34(38-32)43-33(44)35(3)16-8-18-39(35)4/h5-7,9-12,25-26,33,44H,1,8,13-16,18-22H2,2-4H3/t25?,26-,33?,35-/m0/s1. The number of thiol groups is 1. The second-order valence-corrected chi connectivity index (χ2v) is 13.2. The van der Waals surface area contributed by atoms with E-state index in [1.54, 1.807) is 4.90 Å². The van der Waals surface area contributed by atoms with Crippen molar-refractivity contribution in [3.05, 3.63) is 71.6 Å². The van der Waals surface area contributed by atoms with Gasteiger partial charge in [-0.25, -0.2) is 0 Å². The van der Waals surface area contributed by atoms with Crippen LogP contribution in [-0.4, -0.2) is 69.4 Å². The SMILES string of the molecule is C=CC(=O)N1CCC(c2nc(OC(S)[C@]3(C)CCCN3C)nc3c2CCN(c2cccc4cccc(C)c24)C3)C[C@@H]1CC#N. The van der Waals surface area contributed by atoms with Crippen LogP contribution in [0, 0.1) is 18.3 Å². The third-order valence-electron chi connectivity index (χ3n) is 10.2. The molecule has 4 heterocycles. The number of likely N-dealkylation sites (tertiary alicyclic amines) is 2. The Labute approximate surface area is 266 Å². The molecular formula is C35H42N6O2S. The van der Waals surface area contributed by atoms with Gasteiger partial charge in [0.25, 0.3) is 0 Å². The van der Waals surface area contributed by atoms with Crippen LogP contribution in [0.1, 0.15) is 67.5 Å². The summed E-state index contributed by atoms with van der Waals surface area (Å²) in [6, 6.07) is 15.4. The molecule has 1 aromatic heterocycles. The number of nitrogens with zero attached hydrogens (tertiary/aromatic N) is 6. The number of likely N-dealkylation sites (N-methyl/N-ethyl adjacent to an activating group) is 1. The van der Waals surface area contributed by atoms with Crippen LogP contribution in [0.3, 0.4) is 0 Å². The van der Waals surface area contributed by atoms with Gasteiger partial charge in [0.2, 0.25) is 5.91 Å². The number of aryl methyl sites for hydroxylation is 1. The van der Waals surface area contributed by atoms with E-state index in [1.807, 2.05) is 0 Å². The number of rotatable bonds is 7. The number of ether oxygens (including phenoxy) is 1. The molecule has 9 heteroatoms. The Kier molecular flexibility index (Phi) is 8.58. The van der Waals surface area contributed by atoms with Crippen LogP contribution in [0.5, 0.6) is 6.01 Å². The predicted octanol–water partition coefficient (Wildman–Crippen LogP) is 5.79. The molecule has 44 heavy (non-hydrogen) atoms. The number of amides is 1. The second-order valence-electron chi connectivity index (χ2n) is 12.8. The number of fused-ring (bicyclic) bond motifs is 2. The normalized spacial score (nSPS) is 24.5. The van der Waals surface area contributed by atoms with Crippen molar-refractivity contribution < 1.29 is 9.53 Å². The molecule has 0 saturated carbocycles. The van der Waals surface area contributed by atoms with E-state index in [-0.39, 0.29) is 35.3 Å². The first-order chi connectivity index (χ1) is 21.2. The van der Waals surface area contributed by atoms with E-state index in [9.17, 15) is 10.1 Å². The summed E-state index contributed by atoms with van der Waals surface area (Å²) in [6.45, 7) is 11.1. The van der Waals surface area contributed by atoms with E-state index in [2.05, 4.69) is 79.7 Å². The highest BCUT2D eigenvalue weighted by Gasteiger charge is 2.42. The van der Waals surface area contributed by atoms with Crippen LogP contribution < -0.4 is 9.64 Å². The number of carbonyl (C=O) groups is 1. The van der Waals surface area contributed by atoms with Gasteiger partial charge in [-0.15, -0.1) is 12.6 Å². The molecule has 3 aromatic rings. The molecule has 0 radical (unpaired) electrons. The van der Waals surface area contributed by atoms with Gasteiger partial charge in [-0.2, -0.15) is 15.2 Å². The topological polar surface area (TPSA) is 85.6 Å². The van der Waals surface area contributed by atoms with E-state index in [1.165, 1.54) is 33.7 Å². The van der Waals surface area contributed by atoms with Crippen LogP contribution in [0.25, 0.3) is 10.8 Å². The Morgan fingerprint density at radius 3 is 2.77 bits per heavy atom. The van der Waals surface area contributed by atoms with Crippen molar-refractivity contribution in [1.82, 2.24) is 19.8 Å². The molecule has 2 unspecified atom stereocenters. The molecule has 0 spiro atoms. The van der Waals surface area contributed by atoms with Gasteiger partial charge in [-0.05, 0) is 88.2 Å². The van der Waals surface area contributed by atoms with Gasteiger partial charge >= 0.3 is 6.01 Å². The molecule has 6 rings (SSSR count). The van der Waals surface area contributed by atoms with Crippen molar-refractivity contribution in [2.75, 3.05) is 31.6 Å². The predicted molar refractivity (Wildman–Crippen MR) is 177 cm³/mol. The van der Waals surface area contributed by atoms with Crippen molar-refractivity contribution in [1.29, 1.82) is 5.26 Å². The fourth-order valence-corrected chi connectivity index (χ4v) is 7.89. The molecule has 8 nitrogen and oxygen atoms in total. The number of carbonyl (C=O) groups excluding carboxylic acids is 1. The average Bonchev–Trinajstić information content (AvgIpc) is 3.38. The first-order valence-electron chi connectivity index (χ1n) is 15.7. The number of benzene rings is 2. The van der Waals surface area contributed by atoms with Crippen LogP contribution in [0.2, 0.25) is 0 Å². The lowest BCUT2D eigenvalue weighted by atomic mass is 9.83. The maximum atomic E-state index is 12.6. The molecule has 4 atom stereocenters. The highest BCUT2D eigenvalue weighted by Crippen LogP contribution is 2.40. The van der Waals surface area contributed by atoms with Crippen LogP contribution in [-0.2, 0) is 17.8 Å². The fourth-order valence-electron chi connectivity index (χ4n) is 7.47. The minimum Gasteiger partial charge on any atom is -0.447 e. The average molecular weight is 611 g/mol. The Morgan fingerprint density at radius 1 is 1.25 bits per heavy atom. The molecule has 230 valence electrons. The summed E-state index contributed by atoms with van der Waals surface area (Å²) in [6.07, 6.45) is 5.98. The van der Waals surface area contributed by atoms with Gasteiger partial charge in [0.15, 0.2) is 5.44 Å². The van der Waals surface area contributed by atoms with Crippen LogP contribution >= 0.6 is 12.6 Å². The summed E-state index contributed by atoms with van der Waals surface area (Å²) in [5.74, 6) is -0.0268. The summed E-state index contributed by atoms with van der Waals surface area (Å²) in [5.41, 5.74) is 5.02. The Balaban J connectivity index is 1.37. The van der Waals surface area contributed by atoms with Crippen LogP contribution in [0.15, 0.2) is 49.1 Å². The van der Waals surface area contributed by atoms with Gasteiger partial charge in [-0.1, -0.05) is 36.9 Å². The molecule has 3 aliphatic heterocycles. The number of aromatic nitrogens is 2. The maximum Gasteiger partial charge on any atom is 0.318 e. The molecule has 0 bridgehead atoms. The highest BCUT2D eigenvalue weighted by atomic mass is 32.1. The van der Waals surface area contributed by atoms with E-state index < -0.39 is 0 Å². The van der Waals surface area contributed by atoms with E-state index in [0.717, 1.165) is 50.2 Å². The Bertz CT molecular complexity index is 1620. The van der Waals surface area contributed by atoms with Crippen molar-refractivity contribution in [3.63, 3.8) is 0 Å². The fraction of sp³-hybridized carbons (Fsp3) is 0.486. The highest BCUT2D eigenvalue weighted by molar-refractivity contribution is 7.80. The van der Waals surface area contributed by atoms with Crippen LogP contribution in [0.4, 0.5) is 5.69 Å². The number of nitriles is 1. The molecule has 3 aliphatic rings. The molecular weight excluding hydrogens is 568 g/mol. The minimum atomic E-state index is -0.389. The van der Waals surface area contributed by atoms with Gasteiger partial charge in [-0.3, -0.25) is 9.69 Å². The number of hydrogen-bond donors (Lipinski definition) is 1. The number of piperidine rings is 1. The van der Waals surface area contributed by atoms with Crippen molar-refractivity contribution >= 4 is 35.0 Å². The van der Waals surface area contributed by atoms with Gasteiger partial charge in [0, 0.05) is 36.1 Å². The van der Waals surface area contributed by atoms with Crippen molar-refractivity contribution in [2.24, 2.45) is 0 Å². The molecule has 0 aliphatic carbocycles. The monoisotopic (exact) mass is 610 g/mol. The van der Waals surface area contributed by atoms with Crippen molar-refractivity contribution in [3.8, 4) is 12.1 Å². The largest absolute Gasteiger partial charge is 0.447 e. The molecule has 2 aromatic carbocycles. The summed E-state index contributed by atoms with van der Waals surface area (Å²) in [4.78, 5) is 29.3. The third-order valence-corrected chi connectivity index (χ3v) is 10.9. The first-order valence-corrected chi connectivity index (χ1v) is 16.2. The lowest BCUT2D eigenvalue weighted by Gasteiger charge is -2.40. The summed E-state index contributed by atoms with van der Waals surface area (Å²) in [5, 5.41) is 12.1. The smallest absolute Gasteiger partial charge is 0.318 e. The Hall–Kier alpha value is -3.61. The van der Waals surface area contributed by atoms with E-state index in [4.69, 9.17) is 27.3 Å². The van der Waals surface area contributed by atoms with E-state index in [0.29, 0.717) is 25.5 Å². The number of hydrogen-bond acceptors (Lipinski definition) is 8. The Morgan fingerprint density at radius 2 is 2.05 bits per heavy atom. The van der Waals surface area contributed by atoms with E-state index >= 15 is 0 Å². The van der Waals surface area contributed by atoms with Gasteiger partial charge in [0.05, 0.1) is 36.0 Å². The number of anilines is 1.